The van der Waals surface area contributed by atoms with Crippen LogP contribution in [0.5, 0.6) is 0 Å². The number of anilines is 2. The number of nitrogens with zero attached hydrogens (tertiary/aromatic N) is 2. The van der Waals surface area contributed by atoms with Crippen molar-refractivity contribution >= 4 is 28.7 Å². The molecular weight excluding hydrogens is 302 g/mol. The van der Waals surface area contributed by atoms with Gasteiger partial charge in [-0.2, -0.15) is 0 Å². The minimum Gasteiger partial charge on any atom is -0.368 e. The van der Waals surface area contributed by atoms with Gasteiger partial charge in [-0.05, 0) is 55.4 Å². The van der Waals surface area contributed by atoms with Crippen LogP contribution in [0.2, 0.25) is 0 Å². The lowest BCUT2D eigenvalue weighted by molar-refractivity contribution is 0.390. The SMILES string of the molecule is Cc1cccc(N2CCN(C(=S)Nc3ccccc3)CC2)c1C. The number of aryl methyl sites for hydroxylation is 1. The van der Waals surface area contributed by atoms with E-state index in [0.717, 1.165) is 37.0 Å². The summed E-state index contributed by atoms with van der Waals surface area (Å²) in [4.78, 5) is 4.72. The summed E-state index contributed by atoms with van der Waals surface area (Å²) >= 11 is 5.55. The summed E-state index contributed by atoms with van der Waals surface area (Å²) in [7, 11) is 0. The topological polar surface area (TPSA) is 18.5 Å². The van der Waals surface area contributed by atoms with Crippen LogP contribution in [0, 0.1) is 13.8 Å². The Morgan fingerprint density at radius 2 is 1.61 bits per heavy atom. The van der Waals surface area contributed by atoms with E-state index in [2.05, 4.69) is 47.2 Å². The second-order valence-corrected chi connectivity index (χ2v) is 6.38. The van der Waals surface area contributed by atoms with Crippen molar-refractivity contribution in [2.45, 2.75) is 13.8 Å². The highest BCUT2D eigenvalue weighted by Crippen LogP contribution is 2.24. The number of benzene rings is 2. The molecule has 1 heterocycles. The molecule has 1 N–H and O–H groups in total. The summed E-state index contributed by atoms with van der Waals surface area (Å²) in [6, 6.07) is 16.7. The van der Waals surface area contributed by atoms with Gasteiger partial charge >= 0.3 is 0 Å². The lowest BCUT2D eigenvalue weighted by Gasteiger charge is -2.38. The van der Waals surface area contributed by atoms with Crippen molar-refractivity contribution in [3.05, 3.63) is 59.7 Å². The van der Waals surface area contributed by atoms with Crippen LogP contribution in [0.3, 0.4) is 0 Å². The summed E-state index contributed by atoms with van der Waals surface area (Å²) in [6.45, 7) is 8.28. The Morgan fingerprint density at radius 3 is 2.30 bits per heavy atom. The standard InChI is InChI=1S/C19H23N3S/c1-15-7-6-10-18(16(15)2)21-11-13-22(14-12-21)19(23)20-17-8-4-3-5-9-17/h3-10H,11-14H2,1-2H3,(H,20,23). The fraction of sp³-hybridized carbons (Fsp3) is 0.316. The van der Waals surface area contributed by atoms with Crippen LogP contribution >= 0.6 is 12.2 Å². The molecule has 0 bridgehead atoms. The van der Waals surface area contributed by atoms with Gasteiger partial charge in [0.25, 0.3) is 0 Å². The number of rotatable bonds is 2. The Labute approximate surface area is 143 Å². The quantitative estimate of drug-likeness (QED) is 0.846. The van der Waals surface area contributed by atoms with Gasteiger partial charge in [0.05, 0.1) is 0 Å². The van der Waals surface area contributed by atoms with Crippen molar-refractivity contribution in [1.29, 1.82) is 0 Å². The van der Waals surface area contributed by atoms with Crippen LogP contribution < -0.4 is 10.2 Å². The monoisotopic (exact) mass is 325 g/mol. The van der Waals surface area contributed by atoms with Gasteiger partial charge in [0.1, 0.15) is 0 Å². The van der Waals surface area contributed by atoms with Gasteiger partial charge in [-0.3, -0.25) is 0 Å². The van der Waals surface area contributed by atoms with Gasteiger partial charge in [0.15, 0.2) is 5.11 Å². The van der Waals surface area contributed by atoms with Gasteiger partial charge in [0, 0.05) is 37.6 Å². The van der Waals surface area contributed by atoms with Gasteiger partial charge in [-0.15, -0.1) is 0 Å². The Balaban J connectivity index is 1.60. The number of piperazine rings is 1. The summed E-state index contributed by atoms with van der Waals surface area (Å²) in [5.41, 5.74) is 5.14. The van der Waals surface area contributed by atoms with Crippen LogP contribution in [-0.2, 0) is 0 Å². The summed E-state index contributed by atoms with van der Waals surface area (Å²) in [5, 5.41) is 4.14. The molecule has 120 valence electrons. The van der Waals surface area contributed by atoms with E-state index in [4.69, 9.17) is 12.2 Å². The van der Waals surface area contributed by atoms with Crippen LogP contribution in [0.1, 0.15) is 11.1 Å². The maximum atomic E-state index is 5.55. The molecule has 0 spiro atoms. The Bertz CT molecular complexity index is 676. The number of thiocarbonyl (C=S) groups is 1. The number of para-hydroxylation sites is 1. The summed E-state index contributed by atoms with van der Waals surface area (Å²) < 4.78 is 0. The van der Waals surface area contributed by atoms with E-state index >= 15 is 0 Å². The highest BCUT2D eigenvalue weighted by molar-refractivity contribution is 7.80. The van der Waals surface area contributed by atoms with Crippen molar-refractivity contribution in [2.24, 2.45) is 0 Å². The molecule has 23 heavy (non-hydrogen) atoms. The van der Waals surface area contributed by atoms with Crippen molar-refractivity contribution in [1.82, 2.24) is 4.90 Å². The van der Waals surface area contributed by atoms with Crippen LogP contribution in [0.25, 0.3) is 0 Å². The zero-order valence-corrected chi connectivity index (χ0v) is 14.6. The van der Waals surface area contributed by atoms with E-state index in [-0.39, 0.29) is 0 Å². The molecule has 3 nitrogen and oxygen atoms in total. The van der Waals surface area contributed by atoms with Gasteiger partial charge in [0.2, 0.25) is 0 Å². The predicted octanol–water partition coefficient (Wildman–Crippen LogP) is 3.82. The largest absolute Gasteiger partial charge is 0.368 e. The molecule has 0 unspecified atom stereocenters. The Hall–Kier alpha value is -2.07. The minimum absolute atomic E-state index is 0.816. The molecule has 0 aliphatic carbocycles. The van der Waals surface area contributed by atoms with Crippen molar-refractivity contribution in [2.75, 3.05) is 36.4 Å². The fourth-order valence-electron chi connectivity index (χ4n) is 2.95. The molecule has 0 atom stereocenters. The average Bonchev–Trinajstić information content (AvgIpc) is 2.58. The van der Waals surface area contributed by atoms with Crippen molar-refractivity contribution in [3.63, 3.8) is 0 Å². The first kappa shape index (κ1) is 15.8. The zero-order valence-electron chi connectivity index (χ0n) is 13.7. The molecule has 0 aromatic heterocycles. The maximum absolute atomic E-state index is 5.55. The van der Waals surface area contributed by atoms with Crippen LogP contribution in [0.15, 0.2) is 48.5 Å². The molecule has 1 aliphatic rings. The van der Waals surface area contributed by atoms with Gasteiger partial charge in [-0.25, -0.2) is 0 Å². The number of hydrogen-bond acceptors (Lipinski definition) is 2. The molecule has 4 heteroatoms. The van der Waals surface area contributed by atoms with Crippen molar-refractivity contribution < 1.29 is 0 Å². The predicted molar refractivity (Wildman–Crippen MR) is 102 cm³/mol. The third kappa shape index (κ3) is 3.64. The molecule has 0 saturated carbocycles. The molecule has 1 aliphatic heterocycles. The molecule has 1 saturated heterocycles. The number of nitrogens with one attached hydrogen (secondary N) is 1. The van der Waals surface area contributed by atoms with Crippen LogP contribution in [0.4, 0.5) is 11.4 Å². The second kappa shape index (κ2) is 7.01. The smallest absolute Gasteiger partial charge is 0.173 e. The Morgan fingerprint density at radius 1 is 0.913 bits per heavy atom. The molecule has 0 amide bonds. The van der Waals surface area contributed by atoms with E-state index < -0.39 is 0 Å². The van der Waals surface area contributed by atoms with E-state index in [1.165, 1.54) is 16.8 Å². The highest BCUT2D eigenvalue weighted by atomic mass is 32.1. The molecule has 0 radical (unpaired) electrons. The van der Waals surface area contributed by atoms with Crippen molar-refractivity contribution in [3.8, 4) is 0 Å². The molecule has 2 aromatic rings. The third-order valence-corrected chi connectivity index (χ3v) is 4.87. The minimum atomic E-state index is 0.816. The zero-order chi connectivity index (χ0) is 16.2. The highest BCUT2D eigenvalue weighted by Gasteiger charge is 2.20. The lowest BCUT2D eigenvalue weighted by Crippen LogP contribution is -2.50. The van der Waals surface area contributed by atoms with E-state index in [9.17, 15) is 0 Å². The lowest BCUT2D eigenvalue weighted by atomic mass is 10.1. The summed E-state index contributed by atoms with van der Waals surface area (Å²) in [5.74, 6) is 0. The Kier molecular flexibility index (Phi) is 4.82. The summed E-state index contributed by atoms with van der Waals surface area (Å²) in [6.07, 6.45) is 0. The average molecular weight is 325 g/mol. The first-order valence-corrected chi connectivity index (χ1v) is 8.48. The van der Waals surface area contributed by atoms with Gasteiger partial charge < -0.3 is 15.1 Å². The molecular formula is C19H23N3S. The first-order valence-electron chi connectivity index (χ1n) is 8.07. The number of hydrogen-bond donors (Lipinski definition) is 1. The molecule has 1 fully saturated rings. The molecule has 2 aromatic carbocycles. The van der Waals surface area contributed by atoms with E-state index in [1.54, 1.807) is 0 Å². The maximum Gasteiger partial charge on any atom is 0.173 e. The van der Waals surface area contributed by atoms with E-state index in [1.807, 2.05) is 30.3 Å². The van der Waals surface area contributed by atoms with Gasteiger partial charge in [-0.1, -0.05) is 30.3 Å². The second-order valence-electron chi connectivity index (χ2n) is 5.99. The fourth-order valence-corrected chi connectivity index (χ4v) is 3.25. The molecule has 3 rings (SSSR count). The normalized spacial score (nSPS) is 14.7. The van der Waals surface area contributed by atoms with Crippen LogP contribution in [-0.4, -0.2) is 36.2 Å². The third-order valence-electron chi connectivity index (χ3n) is 4.51. The first-order chi connectivity index (χ1) is 11.1. The van der Waals surface area contributed by atoms with E-state index in [0.29, 0.717) is 0 Å².